The van der Waals surface area contributed by atoms with E-state index < -0.39 is 0 Å². The van der Waals surface area contributed by atoms with Crippen molar-refractivity contribution < 1.29 is 5.11 Å². The first kappa shape index (κ1) is 8.34. The fraction of sp³-hybridized carbons (Fsp3) is 0.111. The minimum absolute atomic E-state index is 0.0408. The van der Waals surface area contributed by atoms with Gasteiger partial charge in [0.25, 0.3) is 0 Å². The van der Waals surface area contributed by atoms with Gasteiger partial charge >= 0.3 is 0 Å². The average Bonchev–Trinajstić information content (AvgIpc) is 2.71. The lowest BCUT2D eigenvalue weighted by Gasteiger charge is -1.97. The predicted molar refractivity (Wildman–Crippen MR) is 51.3 cm³/mol. The second-order valence-corrected chi connectivity index (χ2v) is 3.48. The molecule has 0 bridgehead atoms. The molecule has 3 nitrogen and oxygen atoms in total. The first-order chi connectivity index (χ1) is 6.40. The van der Waals surface area contributed by atoms with Gasteiger partial charge in [-0.3, -0.25) is 0 Å². The molecule has 0 fully saturated rings. The molecule has 0 radical (unpaired) electrons. The van der Waals surface area contributed by atoms with Gasteiger partial charge in [-0.2, -0.15) is 0 Å². The molecule has 2 heterocycles. The largest absolute Gasteiger partial charge is 0.390 e. The van der Waals surface area contributed by atoms with Crippen molar-refractivity contribution >= 4 is 11.3 Å². The van der Waals surface area contributed by atoms with Crippen LogP contribution in [0, 0.1) is 0 Å². The Morgan fingerprint density at radius 2 is 2.31 bits per heavy atom. The molecule has 0 aliphatic carbocycles. The molecule has 13 heavy (non-hydrogen) atoms. The van der Waals surface area contributed by atoms with Gasteiger partial charge in [-0.05, 0) is 17.5 Å². The van der Waals surface area contributed by atoms with Gasteiger partial charge in [0.1, 0.15) is 6.33 Å². The number of thiophene rings is 1. The minimum atomic E-state index is -0.0408. The summed E-state index contributed by atoms with van der Waals surface area (Å²) in [4.78, 5) is 9.12. The molecule has 0 saturated heterocycles. The molecule has 2 rings (SSSR count). The van der Waals surface area contributed by atoms with Crippen LogP contribution in [-0.4, -0.2) is 15.1 Å². The van der Waals surface area contributed by atoms with Crippen molar-refractivity contribution in [1.29, 1.82) is 0 Å². The predicted octanol–water partition coefficient (Wildman–Crippen LogP) is 1.70. The Morgan fingerprint density at radius 3 is 3.00 bits per heavy atom. The molecular formula is C9H8N2OS. The van der Waals surface area contributed by atoms with Crippen LogP contribution in [0.5, 0.6) is 0 Å². The number of hydrogen-bond donors (Lipinski definition) is 1. The molecule has 4 heteroatoms. The molecule has 0 atom stereocenters. The van der Waals surface area contributed by atoms with Crippen LogP contribution in [0.4, 0.5) is 0 Å². The van der Waals surface area contributed by atoms with Crippen molar-refractivity contribution in [3.05, 3.63) is 35.6 Å². The van der Waals surface area contributed by atoms with Gasteiger partial charge in [-0.25, -0.2) is 9.97 Å². The van der Waals surface area contributed by atoms with Crippen LogP contribution in [0.3, 0.4) is 0 Å². The Hall–Kier alpha value is -1.26. The lowest BCUT2D eigenvalue weighted by atomic mass is 10.3. The highest BCUT2D eigenvalue weighted by Gasteiger charge is 2.01. The molecule has 2 aromatic rings. The van der Waals surface area contributed by atoms with E-state index in [9.17, 15) is 0 Å². The van der Waals surface area contributed by atoms with Crippen molar-refractivity contribution in [2.24, 2.45) is 0 Å². The highest BCUT2D eigenvalue weighted by Crippen LogP contribution is 2.22. The third kappa shape index (κ3) is 1.74. The van der Waals surface area contributed by atoms with E-state index in [0.29, 0.717) is 5.69 Å². The number of hydrogen-bond acceptors (Lipinski definition) is 4. The molecule has 66 valence electrons. The highest BCUT2D eigenvalue weighted by molar-refractivity contribution is 7.13. The fourth-order valence-corrected chi connectivity index (χ4v) is 1.74. The van der Waals surface area contributed by atoms with Crippen molar-refractivity contribution in [2.75, 3.05) is 0 Å². The van der Waals surface area contributed by atoms with Crippen LogP contribution in [-0.2, 0) is 6.61 Å². The van der Waals surface area contributed by atoms with E-state index in [4.69, 9.17) is 5.11 Å². The van der Waals surface area contributed by atoms with Gasteiger partial charge < -0.3 is 5.11 Å². The lowest BCUT2D eigenvalue weighted by molar-refractivity contribution is 0.276. The minimum Gasteiger partial charge on any atom is -0.390 e. The Balaban J connectivity index is 2.41. The number of nitrogens with zero attached hydrogens (tertiary/aromatic N) is 2. The van der Waals surface area contributed by atoms with E-state index >= 15 is 0 Å². The van der Waals surface area contributed by atoms with Crippen molar-refractivity contribution in [3.63, 3.8) is 0 Å². The number of rotatable bonds is 2. The van der Waals surface area contributed by atoms with Gasteiger partial charge in [-0.15, -0.1) is 11.3 Å². The van der Waals surface area contributed by atoms with Gasteiger partial charge in [0.05, 0.1) is 22.9 Å². The second kappa shape index (κ2) is 3.64. The zero-order chi connectivity index (χ0) is 9.10. The summed E-state index contributed by atoms with van der Waals surface area (Å²) in [6.07, 6.45) is 1.47. The summed E-state index contributed by atoms with van der Waals surface area (Å²) < 4.78 is 0. The van der Waals surface area contributed by atoms with Crippen LogP contribution < -0.4 is 0 Å². The van der Waals surface area contributed by atoms with Gasteiger partial charge in [0.2, 0.25) is 0 Å². The molecule has 2 aromatic heterocycles. The topological polar surface area (TPSA) is 46.0 Å². The summed E-state index contributed by atoms with van der Waals surface area (Å²) in [5.74, 6) is 0. The van der Waals surface area contributed by atoms with Crippen molar-refractivity contribution in [1.82, 2.24) is 9.97 Å². The Morgan fingerprint density at radius 1 is 1.38 bits per heavy atom. The van der Waals surface area contributed by atoms with Crippen LogP contribution in [0.25, 0.3) is 10.6 Å². The summed E-state index contributed by atoms with van der Waals surface area (Å²) >= 11 is 1.62. The van der Waals surface area contributed by atoms with E-state index in [-0.39, 0.29) is 6.61 Å². The Kier molecular flexibility index (Phi) is 2.33. The van der Waals surface area contributed by atoms with Gasteiger partial charge in [0, 0.05) is 0 Å². The Labute approximate surface area is 79.7 Å². The van der Waals surface area contributed by atoms with Crippen LogP contribution >= 0.6 is 11.3 Å². The number of aliphatic hydroxyl groups is 1. The monoisotopic (exact) mass is 192 g/mol. The maximum absolute atomic E-state index is 8.87. The van der Waals surface area contributed by atoms with E-state index in [1.165, 1.54) is 6.33 Å². The van der Waals surface area contributed by atoms with E-state index in [1.54, 1.807) is 17.4 Å². The van der Waals surface area contributed by atoms with Crippen LogP contribution in [0.1, 0.15) is 5.69 Å². The maximum Gasteiger partial charge on any atom is 0.116 e. The standard InChI is InChI=1S/C9H8N2OS/c12-5-7-4-8(11-6-10-7)9-2-1-3-13-9/h1-4,6,12H,5H2. The van der Waals surface area contributed by atoms with Crippen LogP contribution in [0.15, 0.2) is 29.9 Å². The van der Waals surface area contributed by atoms with Crippen LogP contribution in [0.2, 0.25) is 0 Å². The lowest BCUT2D eigenvalue weighted by Crippen LogP contribution is -1.91. The molecule has 0 amide bonds. The quantitative estimate of drug-likeness (QED) is 0.787. The van der Waals surface area contributed by atoms with Gasteiger partial charge in [0.15, 0.2) is 0 Å². The highest BCUT2D eigenvalue weighted by atomic mass is 32.1. The summed E-state index contributed by atoms with van der Waals surface area (Å²) in [6, 6.07) is 5.76. The molecule has 0 spiro atoms. The zero-order valence-electron chi connectivity index (χ0n) is 6.84. The third-order valence-corrected chi connectivity index (χ3v) is 2.55. The molecule has 0 aromatic carbocycles. The second-order valence-electron chi connectivity index (χ2n) is 2.53. The molecule has 0 saturated carbocycles. The summed E-state index contributed by atoms with van der Waals surface area (Å²) in [5.41, 5.74) is 1.52. The van der Waals surface area contributed by atoms with Crippen molar-refractivity contribution in [3.8, 4) is 10.6 Å². The summed E-state index contributed by atoms with van der Waals surface area (Å²) in [6.45, 7) is -0.0408. The normalized spacial score (nSPS) is 10.2. The van der Waals surface area contributed by atoms with E-state index in [1.807, 2.05) is 17.5 Å². The summed E-state index contributed by atoms with van der Waals surface area (Å²) in [7, 11) is 0. The molecular weight excluding hydrogens is 184 g/mol. The van der Waals surface area contributed by atoms with E-state index in [0.717, 1.165) is 10.6 Å². The first-order valence-electron chi connectivity index (χ1n) is 3.86. The molecule has 0 aliphatic rings. The molecule has 0 unspecified atom stereocenters. The Bertz CT molecular complexity index is 386. The SMILES string of the molecule is OCc1cc(-c2cccs2)ncn1. The molecule has 0 aliphatic heterocycles. The average molecular weight is 192 g/mol. The first-order valence-corrected chi connectivity index (χ1v) is 4.74. The zero-order valence-corrected chi connectivity index (χ0v) is 7.66. The number of aromatic nitrogens is 2. The van der Waals surface area contributed by atoms with Gasteiger partial charge in [-0.1, -0.05) is 6.07 Å². The van der Waals surface area contributed by atoms with Crippen molar-refractivity contribution in [2.45, 2.75) is 6.61 Å². The maximum atomic E-state index is 8.87. The third-order valence-electron chi connectivity index (χ3n) is 1.66. The van der Waals surface area contributed by atoms with E-state index in [2.05, 4.69) is 9.97 Å². The smallest absolute Gasteiger partial charge is 0.116 e. The molecule has 1 N–H and O–H groups in total. The number of aliphatic hydroxyl groups excluding tert-OH is 1. The fourth-order valence-electron chi connectivity index (χ4n) is 1.04. The summed E-state index contributed by atoms with van der Waals surface area (Å²) in [5, 5.41) is 10.9.